The summed E-state index contributed by atoms with van der Waals surface area (Å²) in [5, 5.41) is 9.82. The molecule has 1 fully saturated rings. The molecule has 0 saturated heterocycles. The van der Waals surface area contributed by atoms with Gasteiger partial charge in [-0.25, -0.2) is 0 Å². The summed E-state index contributed by atoms with van der Waals surface area (Å²) < 4.78 is 6.03. The lowest BCUT2D eigenvalue weighted by Gasteiger charge is -2.35. The maximum absolute atomic E-state index is 13.8. The Balaban J connectivity index is 1.63. The van der Waals surface area contributed by atoms with E-state index >= 15 is 0 Å². The minimum atomic E-state index is -0.624. The molecule has 2 aromatic rings. The lowest BCUT2D eigenvalue weighted by Crippen LogP contribution is -2.41. The molecule has 0 N–H and O–H groups in total. The van der Waals surface area contributed by atoms with E-state index < -0.39 is 5.41 Å². The van der Waals surface area contributed by atoms with Crippen molar-refractivity contribution < 1.29 is 9.53 Å². The first-order valence-corrected chi connectivity index (χ1v) is 16.0. The van der Waals surface area contributed by atoms with Crippen LogP contribution in [0.5, 0.6) is 5.75 Å². The van der Waals surface area contributed by atoms with Crippen molar-refractivity contribution in [1.29, 1.82) is 5.26 Å². The molecule has 0 radical (unpaired) electrons. The van der Waals surface area contributed by atoms with Crippen molar-refractivity contribution in [3.63, 3.8) is 0 Å². The van der Waals surface area contributed by atoms with E-state index in [-0.39, 0.29) is 5.97 Å². The highest BCUT2D eigenvalue weighted by Gasteiger charge is 2.43. The molecule has 1 aliphatic rings. The molecule has 39 heavy (non-hydrogen) atoms. The standard InChI is InChI=1S/C36H51NO2/c1-3-5-7-9-10-12-14-18-30-20-23-33(24-21-30)36(26-16-13-17-27-36)35(38)39-34-25-22-31(28-32(34)29-37)19-15-11-8-6-4-2/h20-25,28H,3-19,26-27H2,1-2H3. The largest absolute Gasteiger partial charge is 0.424 e. The van der Waals surface area contributed by atoms with Gasteiger partial charge in [0, 0.05) is 0 Å². The second kappa shape index (κ2) is 17.2. The van der Waals surface area contributed by atoms with Gasteiger partial charge in [-0.15, -0.1) is 0 Å². The quantitative estimate of drug-likeness (QED) is 0.116. The lowest BCUT2D eigenvalue weighted by atomic mass is 9.69. The van der Waals surface area contributed by atoms with Crippen molar-refractivity contribution >= 4 is 5.97 Å². The van der Waals surface area contributed by atoms with Crippen molar-refractivity contribution in [3.8, 4) is 11.8 Å². The Hall–Kier alpha value is -2.60. The second-order valence-electron chi connectivity index (χ2n) is 11.7. The molecule has 2 aromatic carbocycles. The Kier molecular flexibility index (Phi) is 13.6. The van der Waals surface area contributed by atoms with Gasteiger partial charge in [0.05, 0.1) is 11.0 Å². The maximum atomic E-state index is 13.8. The zero-order valence-corrected chi connectivity index (χ0v) is 24.7. The molecule has 0 spiro atoms. The highest BCUT2D eigenvalue weighted by Crippen LogP contribution is 2.41. The maximum Gasteiger partial charge on any atom is 0.321 e. The zero-order chi connectivity index (χ0) is 27.8. The summed E-state index contributed by atoms with van der Waals surface area (Å²) in [4.78, 5) is 13.8. The molecule has 1 saturated carbocycles. The summed E-state index contributed by atoms with van der Waals surface area (Å²) in [6, 6.07) is 16.8. The number of aryl methyl sites for hydroxylation is 2. The van der Waals surface area contributed by atoms with E-state index in [1.54, 1.807) is 0 Å². The van der Waals surface area contributed by atoms with E-state index in [2.05, 4.69) is 44.2 Å². The van der Waals surface area contributed by atoms with Gasteiger partial charge in [0.1, 0.15) is 11.8 Å². The molecule has 3 rings (SSSR count). The predicted molar refractivity (Wildman–Crippen MR) is 162 cm³/mol. The fourth-order valence-corrected chi connectivity index (χ4v) is 6.08. The smallest absolute Gasteiger partial charge is 0.321 e. The minimum Gasteiger partial charge on any atom is -0.424 e. The lowest BCUT2D eigenvalue weighted by molar-refractivity contribution is -0.142. The molecule has 0 atom stereocenters. The third-order valence-electron chi connectivity index (χ3n) is 8.61. The van der Waals surface area contributed by atoms with Crippen LogP contribution >= 0.6 is 0 Å². The van der Waals surface area contributed by atoms with Gasteiger partial charge in [-0.3, -0.25) is 4.79 Å². The van der Waals surface area contributed by atoms with Crippen LogP contribution in [0.2, 0.25) is 0 Å². The number of nitriles is 1. The number of hydrogen-bond donors (Lipinski definition) is 0. The molecule has 3 heteroatoms. The average molecular weight is 530 g/mol. The van der Waals surface area contributed by atoms with Crippen LogP contribution < -0.4 is 4.74 Å². The number of unbranched alkanes of at least 4 members (excludes halogenated alkanes) is 10. The number of ether oxygens (including phenoxy) is 1. The zero-order valence-electron chi connectivity index (χ0n) is 24.7. The fraction of sp³-hybridized carbons (Fsp3) is 0.611. The van der Waals surface area contributed by atoms with E-state index in [0.717, 1.165) is 62.5 Å². The van der Waals surface area contributed by atoms with E-state index in [9.17, 15) is 10.1 Å². The molecule has 0 amide bonds. The predicted octanol–water partition coefficient (Wildman–Crippen LogP) is 10.2. The minimum absolute atomic E-state index is 0.203. The van der Waals surface area contributed by atoms with Gasteiger partial charge in [-0.05, 0) is 67.3 Å². The Morgan fingerprint density at radius 3 is 1.87 bits per heavy atom. The van der Waals surface area contributed by atoms with Gasteiger partial charge >= 0.3 is 5.97 Å². The van der Waals surface area contributed by atoms with Crippen molar-refractivity contribution in [2.45, 2.75) is 141 Å². The van der Waals surface area contributed by atoms with Gasteiger partial charge in [-0.1, -0.05) is 128 Å². The van der Waals surface area contributed by atoms with Gasteiger partial charge in [0.25, 0.3) is 0 Å². The third kappa shape index (κ3) is 9.52. The second-order valence-corrected chi connectivity index (χ2v) is 11.7. The molecule has 0 heterocycles. The third-order valence-corrected chi connectivity index (χ3v) is 8.61. The first-order valence-electron chi connectivity index (χ1n) is 16.0. The molecule has 0 bridgehead atoms. The van der Waals surface area contributed by atoms with Gasteiger partial charge in [-0.2, -0.15) is 5.26 Å². The van der Waals surface area contributed by atoms with Crippen LogP contribution in [-0.4, -0.2) is 5.97 Å². The van der Waals surface area contributed by atoms with E-state index in [4.69, 9.17) is 4.74 Å². The van der Waals surface area contributed by atoms with Crippen molar-refractivity contribution in [1.82, 2.24) is 0 Å². The number of nitrogens with zero attached hydrogens (tertiary/aromatic N) is 1. The molecular weight excluding hydrogens is 478 g/mol. The van der Waals surface area contributed by atoms with Crippen LogP contribution in [0.25, 0.3) is 0 Å². The first kappa shape index (κ1) is 30.9. The number of rotatable bonds is 17. The molecule has 0 aliphatic heterocycles. The molecule has 1 aliphatic carbocycles. The summed E-state index contributed by atoms with van der Waals surface area (Å²) in [5.74, 6) is 0.198. The molecule has 3 nitrogen and oxygen atoms in total. The Morgan fingerprint density at radius 1 is 0.744 bits per heavy atom. The topological polar surface area (TPSA) is 50.1 Å². The highest BCUT2D eigenvalue weighted by molar-refractivity contribution is 5.85. The van der Waals surface area contributed by atoms with Crippen LogP contribution in [0.15, 0.2) is 42.5 Å². The normalized spacial score (nSPS) is 14.6. The number of carbonyl (C=O) groups excluding carboxylic acids is 1. The van der Waals surface area contributed by atoms with Crippen LogP contribution in [0.3, 0.4) is 0 Å². The molecule has 0 aromatic heterocycles. The summed E-state index contributed by atoms with van der Waals surface area (Å²) in [6.45, 7) is 4.49. The number of hydrogen-bond acceptors (Lipinski definition) is 3. The van der Waals surface area contributed by atoms with Crippen LogP contribution in [0.1, 0.15) is 145 Å². The van der Waals surface area contributed by atoms with Crippen molar-refractivity contribution in [2.75, 3.05) is 0 Å². The van der Waals surface area contributed by atoms with Crippen molar-refractivity contribution in [2.24, 2.45) is 0 Å². The average Bonchev–Trinajstić information content (AvgIpc) is 2.97. The van der Waals surface area contributed by atoms with E-state index in [1.165, 1.54) is 76.2 Å². The van der Waals surface area contributed by atoms with Gasteiger partial charge in [0.2, 0.25) is 0 Å². The summed E-state index contributed by atoms with van der Waals surface area (Å²) in [6.07, 6.45) is 22.2. The SMILES string of the molecule is CCCCCCCCCc1ccc(C2(C(=O)Oc3ccc(CCCCCCC)cc3C#N)CCCCC2)cc1. The Morgan fingerprint density at radius 2 is 1.28 bits per heavy atom. The van der Waals surface area contributed by atoms with Crippen LogP contribution in [0, 0.1) is 11.3 Å². The van der Waals surface area contributed by atoms with E-state index in [1.807, 2.05) is 18.2 Å². The van der Waals surface area contributed by atoms with Gasteiger partial charge in [0.15, 0.2) is 0 Å². The first-order chi connectivity index (χ1) is 19.1. The summed E-state index contributed by atoms with van der Waals surface area (Å²) in [5.41, 5.74) is 3.40. The fourth-order valence-electron chi connectivity index (χ4n) is 6.08. The molecule has 212 valence electrons. The molecular formula is C36H51NO2. The Labute approximate surface area is 238 Å². The summed E-state index contributed by atoms with van der Waals surface area (Å²) in [7, 11) is 0. The number of carbonyl (C=O) groups is 1. The molecule has 0 unspecified atom stereocenters. The van der Waals surface area contributed by atoms with Gasteiger partial charge < -0.3 is 4.74 Å². The number of esters is 1. The highest BCUT2D eigenvalue weighted by atomic mass is 16.5. The Bertz CT molecular complexity index is 1030. The van der Waals surface area contributed by atoms with E-state index in [0.29, 0.717) is 11.3 Å². The monoisotopic (exact) mass is 529 g/mol. The number of benzene rings is 2. The summed E-state index contributed by atoms with van der Waals surface area (Å²) >= 11 is 0. The van der Waals surface area contributed by atoms with Crippen LogP contribution in [0.4, 0.5) is 0 Å². The van der Waals surface area contributed by atoms with Crippen molar-refractivity contribution in [3.05, 3.63) is 64.7 Å². The van der Waals surface area contributed by atoms with Crippen LogP contribution in [-0.2, 0) is 23.1 Å².